The van der Waals surface area contributed by atoms with Crippen LogP contribution in [0.3, 0.4) is 0 Å². The Labute approximate surface area is 148 Å². The number of carbonyl (C=O) groups is 1. The summed E-state index contributed by atoms with van der Waals surface area (Å²) in [4.78, 5) is 14.7. The lowest BCUT2D eigenvalue weighted by Gasteiger charge is -2.11. The molecule has 1 unspecified atom stereocenters. The molecule has 1 atom stereocenters. The average Bonchev–Trinajstić information content (AvgIpc) is 3.15. The van der Waals surface area contributed by atoms with Gasteiger partial charge in [-0.25, -0.2) is 4.79 Å². The summed E-state index contributed by atoms with van der Waals surface area (Å²) in [6.07, 6.45) is 14.5. The number of ether oxygens (including phenoxy) is 1. The molecular weight excluding hydrogens is 304 g/mol. The molecule has 0 aromatic heterocycles. The zero-order valence-corrected chi connectivity index (χ0v) is 15.8. The highest BCUT2D eigenvalue weighted by molar-refractivity contribution is 5.72. The van der Waals surface area contributed by atoms with Crippen LogP contribution in [-0.2, 0) is 9.53 Å². The lowest BCUT2D eigenvalue weighted by atomic mass is 10.0. The van der Waals surface area contributed by atoms with Crippen molar-refractivity contribution in [2.24, 2.45) is 4.99 Å². The summed E-state index contributed by atoms with van der Waals surface area (Å²) < 4.78 is 5.19. The first kappa shape index (κ1) is 22.9. The van der Waals surface area contributed by atoms with Crippen molar-refractivity contribution in [2.45, 2.75) is 90.6 Å². The van der Waals surface area contributed by atoms with Gasteiger partial charge >= 0.3 is 5.97 Å². The first-order chi connectivity index (χ1) is 11.7. The molecule has 1 aliphatic heterocycles. The maximum atomic E-state index is 10.9. The maximum absolute atomic E-state index is 10.9. The lowest BCUT2D eigenvalue weighted by molar-refractivity contribution is -0.150. The van der Waals surface area contributed by atoms with Gasteiger partial charge in [0.25, 0.3) is 0 Å². The van der Waals surface area contributed by atoms with Crippen LogP contribution in [0.5, 0.6) is 0 Å². The average molecular weight is 343 g/mol. The maximum Gasteiger partial charge on any atom is 0.332 e. The van der Waals surface area contributed by atoms with Crippen molar-refractivity contribution >= 4 is 12.3 Å². The third-order valence-electron chi connectivity index (χ3n) is 4.03. The number of carboxylic acids is 1. The van der Waals surface area contributed by atoms with E-state index in [-0.39, 0.29) is 0 Å². The molecule has 0 amide bonds. The number of rotatable bonds is 14. The minimum atomic E-state index is -0.822. The summed E-state index contributed by atoms with van der Waals surface area (Å²) in [5.41, 5.74) is 0. The van der Waals surface area contributed by atoms with E-state index in [2.05, 4.69) is 17.2 Å². The van der Waals surface area contributed by atoms with E-state index in [1.807, 2.05) is 6.92 Å². The molecule has 24 heavy (non-hydrogen) atoms. The number of aliphatic imine (C=N–C) groups is 1. The first-order valence-electron chi connectivity index (χ1n) is 9.78. The van der Waals surface area contributed by atoms with Crippen molar-refractivity contribution in [2.75, 3.05) is 19.7 Å². The van der Waals surface area contributed by atoms with E-state index < -0.39 is 12.1 Å². The van der Waals surface area contributed by atoms with E-state index >= 15 is 0 Å². The van der Waals surface area contributed by atoms with Gasteiger partial charge in [-0.15, -0.1) is 0 Å². The molecule has 0 saturated heterocycles. The fourth-order valence-electron chi connectivity index (χ4n) is 2.62. The van der Waals surface area contributed by atoms with Gasteiger partial charge in [0, 0.05) is 13.2 Å². The van der Waals surface area contributed by atoms with Gasteiger partial charge in [-0.3, -0.25) is 4.99 Å². The molecule has 0 aromatic rings. The minimum Gasteiger partial charge on any atom is -0.479 e. The summed E-state index contributed by atoms with van der Waals surface area (Å²) in [6, 6.07) is 0. The van der Waals surface area contributed by atoms with Crippen LogP contribution in [0.15, 0.2) is 4.99 Å². The number of nitrogens with one attached hydrogen (secondary N) is 1. The van der Waals surface area contributed by atoms with E-state index in [9.17, 15) is 4.79 Å². The van der Waals surface area contributed by atoms with Crippen molar-refractivity contribution in [3.63, 3.8) is 0 Å². The molecule has 1 aliphatic rings. The summed E-state index contributed by atoms with van der Waals surface area (Å²) in [6.45, 7) is 6.55. The quantitative estimate of drug-likeness (QED) is 0.459. The van der Waals surface area contributed by atoms with Crippen LogP contribution >= 0.6 is 0 Å². The van der Waals surface area contributed by atoms with Gasteiger partial charge in [0.15, 0.2) is 6.10 Å². The number of unbranched alkanes of at least 4 members (excludes halogenated alkanes) is 9. The topological polar surface area (TPSA) is 70.9 Å². The third kappa shape index (κ3) is 15.8. The lowest BCUT2D eigenvalue weighted by Crippen LogP contribution is -2.23. The largest absolute Gasteiger partial charge is 0.479 e. The highest BCUT2D eigenvalue weighted by Crippen LogP contribution is 2.13. The predicted octanol–water partition coefficient (Wildman–Crippen LogP) is 4.41. The number of hydrogen-bond donors (Lipinski definition) is 2. The summed E-state index contributed by atoms with van der Waals surface area (Å²) in [5.74, 6) is -0.822. The third-order valence-corrected chi connectivity index (χ3v) is 4.03. The molecule has 0 radical (unpaired) electrons. The molecule has 5 nitrogen and oxygen atoms in total. The molecule has 0 aliphatic carbocycles. The molecule has 0 bridgehead atoms. The Morgan fingerprint density at radius 2 is 1.67 bits per heavy atom. The van der Waals surface area contributed by atoms with E-state index in [0.717, 1.165) is 25.9 Å². The van der Waals surface area contributed by atoms with Crippen LogP contribution in [0.4, 0.5) is 0 Å². The molecule has 2 N–H and O–H groups in total. The van der Waals surface area contributed by atoms with Crippen LogP contribution in [0.2, 0.25) is 0 Å². The van der Waals surface area contributed by atoms with Gasteiger partial charge in [0.1, 0.15) is 0 Å². The molecule has 0 spiro atoms. The van der Waals surface area contributed by atoms with Crippen LogP contribution in [0, 0.1) is 0 Å². The number of nitrogens with zero attached hydrogens (tertiary/aromatic N) is 1. The van der Waals surface area contributed by atoms with Gasteiger partial charge < -0.3 is 15.2 Å². The normalized spacial score (nSPS) is 13.9. The van der Waals surface area contributed by atoms with Crippen LogP contribution < -0.4 is 5.32 Å². The zero-order chi connectivity index (χ0) is 17.9. The molecular formula is C19H38N2O3. The van der Waals surface area contributed by atoms with Gasteiger partial charge in [0.2, 0.25) is 0 Å². The van der Waals surface area contributed by atoms with Gasteiger partial charge in [-0.05, 0) is 13.3 Å². The van der Waals surface area contributed by atoms with E-state index in [1.165, 1.54) is 51.4 Å². The fraction of sp³-hybridized carbons (Fsp3) is 0.895. The second-order valence-electron chi connectivity index (χ2n) is 6.24. The fourth-order valence-corrected chi connectivity index (χ4v) is 2.62. The number of carboxylic acid groups (broad SMARTS) is 1. The Balaban J connectivity index is 0.000000889. The Kier molecular flexibility index (Phi) is 17.4. The second kappa shape index (κ2) is 18.2. The number of aliphatic carboxylic acids is 1. The molecule has 1 heterocycles. The molecule has 142 valence electrons. The van der Waals surface area contributed by atoms with Crippen molar-refractivity contribution in [3.05, 3.63) is 0 Å². The summed E-state index contributed by atoms with van der Waals surface area (Å²) in [5, 5.41) is 11.9. The Morgan fingerprint density at radius 3 is 2.04 bits per heavy atom. The Hall–Kier alpha value is -1.10. The Morgan fingerprint density at radius 1 is 1.08 bits per heavy atom. The highest BCUT2D eigenvalue weighted by atomic mass is 16.5. The van der Waals surface area contributed by atoms with E-state index in [1.54, 1.807) is 6.34 Å². The molecule has 0 aromatic carbocycles. The summed E-state index contributed by atoms with van der Waals surface area (Å²) in [7, 11) is 0. The van der Waals surface area contributed by atoms with Crippen molar-refractivity contribution < 1.29 is 14.6 Å². The molecule has 0 saturated carbocycles. The van der Waals surface area contributed by atoms with Crippen molar-refractivity contribution in [1.82, 2.24) is 5.32 Å². The number of hydrogen-bond acceptors (Lipinski definition) is 4. The summed E-state index contributed by atoms with van der Waals surface area (Å²) >= 11 is 0. The van der Waals surface area contributed by atoms with Crippen molar-refractivity contribution in [1.29, 1.82) is 0 Å². The highest BCUT2D eigenvalue weighted by Gasteiger charge is 2.16. The first-order valence-corrected chi connectivity index (χ1v) is 9.78. The van der Waals surface area contributed by atoms with Gasteiger partial charge in [-0.1, -0.05) is 71.1 Å². The molecule has 1 rings (SSSR count). The zero-order valence-electron chi connectivity index (χ0n) is 15.8. The molecule has 0 fully saturated rings. The van der Waals surface area contributed by atoms with Crippen LogP contribution in [0.1, 0.15) is 84.5 Å². The van der Waals surface area contributed by atoms with Gasteiger partial charge in [-0.2, -0.15) is 0 Å². The van der Waals surface area contributed by atoms with Crippen LogP contribution in [0.25, 0.3) is 0 Å². The van der Waals surface area contributed by atoms with E-state index in [4.69, 9.17) is 9.84 Å². The minimum absolute atomic E-state index is 0.481. The van der Waals surface area contributed by atoms with E-state index in [0.29, 0.717) is 13.0 Å². The molecule has 5 heteroatoms. The van der Waals surface area contributed by atoms with Crippen molar-refractivity contribution in [3.8, 4) is 0 Å². The smallest absolute Gasteiger partial charge is 0.332 e. The second-order valence-corrected chi connectivity index (χ2v) is 6.24. The van der Waals surface area contributed by atoms with Gasteiger partial charge in [0.05, 0.1) is 12.9 Å². The Bertz CT molecular complexity index is 303. The standard InChI is InChI=1S/C16H32O3.C3H6N2/c1-3-5-6-7-8-9-10-11-12-13-14-15(16(17)18)19-4-2;1-2-5-3-4-1/h15H,3-14H2,1-2H3,(H,17,18);3H,1-2H2,(H,4,5). The van der Waals surface area contributed by atoms with Crippen LogP contribution in [-0.4, -0.2) is 43.2 Å². The monoisotopic (exact) mass is 342 g/mol. The SMILES string of the molecule is C1=NCCN1.CCCCCCCCCCCCC(OCC)C(=O)O. The predicted molar refractivity (Wildman–Crippen MR) is 101 cm³/mol.